The average molecular weight is 456 g/mol. The van der Waals surface area contributed by atoms with Crippen LogP contribution in [0.3, 0.4) is 0 Å². The van der Waals surface area contributed by atoms with Gasteiger partial charge in [-0.3, -0.25) is 4.79 Å². The van der Waals surface area contributed by atoms with E-state index < -0.39 is 23.2 Å². The van der Waals surface area contributed by atoms with Crippen LogP contribution in [0.1, 0.15) is 31.2 Å². The highest BCUT2D eigenvalue weighted by molar-refractivity contribution is 6.55. The maximum atomic E-state index is 12.8. The van der Waals surface area contributed by atoms with Gasteiger partial charge in [-0.1, -0.05) is 78.7 Å². The summed E-state index contributed by atoms with van der Waals surface area (Å²) in [7, 11) is 0. The summed E-state index contributed by atoms with van der Waals surface area (Å²) >= 11 is 11.8. The van der Waals surface area contributed by atoms with E-state index in [1.807, 2.05) is 42.5 Å². The third-order valence-electron chi connectivity index (χ3n) is 5.90. The molecule has 3 rings (SSSR count). The predicted octanol–water partition coefficient (Wildman–Crippen LogP) is 7.08. The van der Waals surface area contributed by atoms with Crippen molar-refractivity contribution in [3.8, 4) is 17.6 Å². The number of carboxylic acid groups (broad SMARTS) is 1. The Hall–Kier alpha value is -2.74. The lowest BCUT2D eigenvalue weighted by Gasteiger charge is -2.42. The van der Waals surface area contributed by atoms with Crippen molar-refractivity contribution in [3.63, 3.8) is 0 Å². The maximum absolute atomic E-state index is 12.8. The molecule has 1 aliphatic rings. The Morgan fingerprint density at radius 3 is 2.52 bits per heavy atom. The second-order valence-electron chi connectivity index (χ2n) is 7.64. The van der Waals surface area contributed by atoms with Crippen molar-refractivity contribution in [1.82, 2.24) is 0 Å². The van der Waals surface area contributed by atoms with E-state index >= 15 is 0 Å². The predicted molar refractivity (Wildman–Crippen MR) is 122 cm³/mol. The van der Waals surface area contributed by atoms with Crippen molar-refractivity contribution < 1.29 is 14.6 Å². The first-order chi connectivity index (χ1) is 14.9. The number of carboxylic acids is 1. The molecule has 4 atom stereocenters. The number of nitriles is 1. The minimum absolute atomic E-state index is 0.0158. The summed E-state index contributed by atoms with van der Waals surface area (Å²) in [5, 5.41) is 20.7. The molecule has 0 bridgehead atoms. The molecule has 0 aromatic heterocycles. The molecule has 4 unspecified atom stereocenters. The SMILES string of the molecule is CC(C=C(Cl)Cl)C(C(=O)O)(C1C=CCC1)C(C#N)c1cccc(Oc2ccccc2)c1. The van der Waals surface area contributed by atoms with Crippen LogP contribution in [0.25, 0.3) is 0 Å². The zero-order valence-corrected chi connectivity index (χ0v) is 18.6. The van der Waals surface area contributed by atoms with Crippen molar-refractivity contribution in [2.45, 2.75) is 25.7 Å². The van der Waals surface area contributed by atoms with Crippen molar-refractivity contribution in [1.29, 1.82) is 5.26 Å². The fraction of sp³-hybridized carbons (Fsp3) is 0.280. The first-order valence-corrected chi connectivity index (χ1v) is 10.8. The number of ether oxygens (including phenoxy) is 1. The van der Waals surface area contributed by atoms with Gasteiger partial charge in [-0.15, -0.1) is 0 Å². The molecule has 0 saturated heterocycles. The van der Waals surface area contributed by atoms with Gasteiger partial charge in [0.05, 0.1) is 17.4 Å². The van der Waals surface area contributed by atoms with E-state index in [1.165, 1.54) is 6.08 Å². The Labute approximate surface area is 192 Å². The Morgan fingerprint density at radius 1 is 1.23 bits per heavy atom. The van der Waals surface area contributed by atoms with Crippen LogP contribution in [0.5, 0.6) is 11.5 Å². The lowest BCUT2D eigenvalue weighted by Crippen LogP contribution is -2.47. The molecule has 0 radical (unpaired) electrons. The molecule has 2 aromatic rings. The van der Waals surface area contributed by atoms with E-state index in [-0.39, 0.29) is 10.4 Å². The van der Waals surface area contributed by atoms with Gasteiger partial charge in [-0.2, -0.15) is 5.26 Å². The van der Waals surface area contributed by atoms with Crippen molar-refractivity contribution in [2.24, 2.45) is 17.3 Å². The highest BCUT2D eigenvalue weighted by Gasteiger charge is 2.55. The van der Waals surface area contributed by atoms with Crippen molar-refractivity contribution in [3.05, 3.63) is 82.9 Å². The van der Waals surface area contributed by atoms with Crippen molar-refractivity contribution in [2.75, 3.05) is 0 Å². The number of benzene rings is 2. The van der Waals surface area contributed by atoms with Gasteiger partial charge in [0.1, 0.15) is 16.0 Å². The van der Waals surface area contributed by atoms with Crippen LogP contribution >= 0.6 is 23.2 Å². The number of hydrogen-bond donors (Lipinski definition) is 1. The minimum Gasteiger partial charge on any atom is -0.481 e. The molecule has 4 nitrogen and oxygen atoms in total. The molecular formula is C25H23Cl2NO3. The summed E-state index contributed by atoms with van der Waals surface area (Å²) in [6.07, 6.45) is 6.78. The molecule has 0 saturated carbocycles. The Morgan fingerprint density at radius 2 is 1.94 bits per heavy atom. The van der Waals surface area contributed by atoms with E-state index in [0.717, 1.165) is 6.42 Å². The van der Waals surface area contributed by atoms with Crippen LogP contribution in [0.2, 0.25) is 0 Å². The van der Waals surface area contributed by atoms with Crippen LogP contribution in [0.15, 0.2) is 77.3 Å². The lowest BCUT2D eigenvalue weighted by atomic mass is 9.58. The second kappa shape index (κ2) is 10.0. The number of nitrogens with zero attached hydrogens (tertiary/aromatic N) is 1. The summed E-state index contributed by atoms with van der Waals surface area (Å²) < 4.78 is 5.90. The molecule has 1 N–H and O–H groups in total. The van der Waals surface area contributed by atoms with E-state index in [1.54, 1.807) is 31.2 Å². The van der Waals surface area contributed by atoms with E-state index in [2.05, 4.69) is 6.07 Å². The highest BCUT2D eigenvalue weighted by atomic mass is 35.5. The zero-order valence-electron chi connectivity index (χ0n) is 17.0. The monoisotopic (exact) mass is 455 g/mol. The molecule has 2 aromatic carbocycles. The standard InChI is InChI=1S/C25H23Cl2NO3/c1-17(14-23(26)27)25(24(29)30,19-9-5-6-10-19)22(16-28)18-8-7-13-21(15-18)31-20-11-3-2-4-12-20/h2-5,7-9,11-15,17,19,22H,6,10H2,1H3,(H,29,30). The Balaban J connectivity index is 2.10. The van der Waals surface area contributed by atoms with Gasteiger partial charge in [0.15, 0.2) is 0 Å². The number of hydrogen-bond acceptors (Lipinski definition) is 3. The third kappa shape index (κ3) is 4.79. The summed E-state index contributed by atoms with van der Waals surface area (Å²) in [5.41, 5.74) is -0.869. The molecule has 0 aliphatic heterocycles. The number of halogens is 2. The van der Waals surface area contributed by atoms with Crippen LogP contribution < -0.4 is 4.74 Å². The number of para-hydroxylation sites is 1. The molecule has 1 aliphatic carbocycles. The van der Waals surface area contributed by atoms with Gasteiger partial charge in [-0.05, 0) is 54.5 Å². The van der Waals surface area contributed by atoms with E-state index in [0.29, 0.717) is 23.5 Å². The fourth-order valence-corrected chi connectivity index (χ4v) is 4.87. The molecule has 0 fully saturated rings. The maximum Gasteiger partial charge on any atom is 0.312 e. The largest absolute Gasteiger partial charge is 0.481 e. The number of allylic oxidation sites excluding steroid dienone is 3. The van der Waals surface area contributed by atoms with Crippen LogP contribution in [0, 0.1) is 28.6 Å². The smallest absolute Gasteiger partial charge is 0.312 e. The third-order valence-corrected chi connectivity index (χ3v) is 6.16. The number of rotatable bonds is 8. The molecule has 6 heteroatoms. The lowest BCUT2D eigenvalue weighted by molar-refractivity contribution is -0.155. The van der Waals surface area contributed by atoms with Gasteiger partial charge in [-0.25, -0.2) is 0 Å². The number of carbonyl (C=O) groups is 1. The van der Waals surface area contributed by atoms with E-state index in [4.69, 9.17) is 27.9 Å². The fourth-order valence-electron chi connectivity index (χ4n) is 4.49. The molecule has 160 valence electrons. The van der Waals surface area contributed by atoms with Gasteiger partial charge in [0.25, 0.3) is 0 Å². The zero-order chi connectivity index (χ0) is 22.4. The van der Waals surface area contributed by atoms with Crippen LogP contribution in [0.4, 0.5) is 0 Å². The summed E-state index contributed by atoms with van der Waals surface area (Å²) in [6.45, 7) is 1.75. The molecule has 0 heterocycles. The van der Waals surface area contributed by atoms with E-state index in [9.17, 15) is 15.2 Å². The van der Waals surface area contributed by atoms with Crippen molar-refractivity contribution >= 4 is 29.2 Å². The first-order valence-electron chi connectivity index (χ1n) is 10.0. The van der Waals surface area contributed by atoms with Gasteiger partial charge < -0.3 is 9.84 Å². The molecule has 0 amide bonds. The minimum atomic E-state index is -1.44. The quantitative estimate of drug-likeness (QED) is 0.431. The normalized spacial score (nSPS) is 19.0. The molecular weight excluding hydrogens is 433 g/mol. The van der Waals surface area contributed by atoms with Gasteiger partial charge in [0.2, 0.25) is 0 Å². The summed E-state index contributed by atoms with van der Waals surface area (Å²) in [6, 6.07) is 18.6. The van der Waals surface area contributed by atoms with Gasteiger partial charge in [0, 0.05) is 0 Å². The topological polar surface area (TPSA) is 70.3 Å². The highest BCUT2D eigenvalue weighted by Crippen LogP contribution is 2.53. The van der Waals surface area contributed by atoms with Gasteiger partial charge >= 0.3 is 5.97 Å². The Kier molecular flexibility index (Phi) is 7.43. The summed E-state index contributed by atoms with van der Waals surface area (Å²) in [4.78, 5) is 12.8. The number of aliphatic carboxylic acids is 1. The molecule has 0 spiro atoms. The second-order valence-corrected chi connectivity index (χ2v) is 8.65. The molecule has 31 heavy (non-hydrogen) atoms. The summed E-state index contributed by atoms with van der Waals surface area (Å²) in [5.74, 6) is -1.75. The Bertz CT molecular complexity index is 1020. The van der Waals surface area contributed by atoms with Crippen LogP contribution in [-0.4, -0.2) is 11.1 Å². The van der Waals surface area contributed by atoms with Crippen LogP contribution in [-0.2, 0) is 4.79 Å². The first kappa shape index (κ1) is 22.9. The average Bonchev–Trinajstić information content (AvgIpc) is 3.26.